The van der Waals surface area contributed by atoms with Crippen molar-refractivity contribution in [2.24, 2.45) is 5.41 Å². The van der Waals surface area contributed by atoms with Gasteiger partial charge in [-0.2, -0.15) is 0 Å². The van der Waals surface area contributed by atoms with Crippen LogP contribution >= 0.6 is 0 Å². The van der Waals surface area contributed by atoms with Crippen LogP contribution in [0.25, 0.3) is 0 Å². The first-order chi connectivity index (χ1) is 4.66. The molecule has 1 unspecified atom stereocenters. The Morgan fingerprint density at radius 2 is 2.40 bits per heavy atom. The van der Waals surface area contributed by atoms with Gasteiger partial charge in [0.25, 0.3) is 0 Å². The third-order valence-corrected chi connectivity index (χ3v) is 2.08. The number of aliphatic hydroxyl groups excluding tert-OH is 1. The Balaban J connectivity index is 2.78. The molecule has 1 aliphatic rings. The minimum absolute atomic E-state index is 0.0995. The van der Waals surface area contributed by atoms with Gasteiger partial charge in [0.2, 0.25) is 0 Å². The molecule has 10 heavy (non-hydrogen) atoms. The zero-order valence-corrected chi connectivity index (χ0v) is 6.59. The second kappa shape index (κ2) is 2.49. The van der Waals surface area contributed by atoms with E-state index in [0.29, 0.717) is 12.2 Å². The molecule has 0 heterocycles. The van der Waals surface area contributed by atoms with Crippen LogP contribution in [0.4, 0.5) is 0 Å². The average molecular weight is 138 g/mol. The van der Waals surface area contributed by atoms with Gasteiger partial charge >= 0.3 is 0 Å². The summed E-state index contributed by atoms with van der Waals surface area (Å²) in [7, 11) is 0. The Kier molecular flexibility index (Phi) is 1.84. The lowest BCUT2D eigenvalue weighted by atomic mass is 9.83. The van der Waals surface area contributed by atoms with E-state index in [1.54, 1.807) is 0 Å². The fourth-order valence-electron chi connectivity index (χ4n) is 1.16. The van der Waals surface area contributed by atoms with Crippen molar-refractivity contribution in [1.82, 2.24) is 0 Å². The monoisotopic (exact) mass is 138 g/mol. The van der Waals surface area contributed by atoms with E-state index in [4.69, 9.17) is 0 Å². The summed E-state index contributed by atoms with van der Waals surface area (Å²) < 4.78 is 0. The Labute approximate surface area is 62.1 Å². The maximum atomic E-state index is 9.19. The minimum Gasteiger partial charge on any atom is -0.512 e. The van der Waals surface area contributed by atoms with Crippen molar-refractivity contribution in [3.8, 4) is 0 Å². The van der Waals surface area contributed by atoms with Crippen LogP contribution in [0.2, 0.25) is 0 Å². The van der Waals surface area contributed by atoms with Gasteiger partial charge in [0.15, 0.2) is 0 Å². The molecule has 0 spiro atoms. The predicted octanol–water partition coefficient (Wildman–Crippen LogP) is 2.80. The van der Waals surface area contributed by atoms with Crippen LogP contribution in [0, 0.1) is 5.41 Å². The molecule has 0 aromatic carbocycles. The number of hydrogen-bond donors (Lipinski definition) is 1. The highest BCUT2D eigenvalue weighted by Crippen LogP contribution is 2.30. The fourth-order valence-corrected chi connectivity index (χ4v) is 1.16. The van der Waals surface area contributed by atoms with Crippen LogP contribution in [-0.4, -0.2) is 5.11 Å². The SMILES string of the molecule is CCC1(C)C=CCC(O)=C1. The second-order valence-electron chi connectivity index (χ2n) is 3.10. The third-order valence-electron chi connectivity index (χ3n) is 2.08. The van der Waals surface area contributed by atoms with Crippen molar-refractivity contribution in [3.63, 3.8) is 0 Å². The summed E-state index contributed by atoms with van der Waals surface area (Å²) in [5.41, 5.74) is 0.0995. The summed E-state index contributed by atoms with van der Waals surface area (Å²) >= 11 is 0. The lowest BCUT2D eigenvalue weighted by Gasteiger charge is -2.22. The van der Waals surface area contributed by atoms with E-state index >= 15 is 0 Å². The van der Waals surface area contributed by atoms with Gasteiger partial charge in [-0.3, -0.25) is 0 Å². The molecule has 56 valence electrons. The molecule has 1 rings (SSSR count). The van der Waals surface area contributed by atoms with E-state index < -0.39 is 0 Å². The first-order valence-corrected chi connectivity index (χ1v) is 3.75. The van der Waals surface area contributed by atoms with Crippen molar-refractivity contribution in [2.75, 3.05) is 0 Å². The molecule has 0 aliphatic heterocycles. The van der Waals surface area contributed by atoms with Crippen LogP contribution < -0.4 is 0 Å². The maximum absolute atomic E-state index is 9.19. The molecule has 1 nitrogen and oxygen atoms in total. The molecule has 0 radical (unpaired) electrons. The molecule has 0 fully saturated rings. The van der Waals surface area contributed by atoms with Crippen LogP contribution in [0.5, 0.6) is 0 Å². The van der Waals surface area contributed by atoms with Crippen molar-refractivity contribution < 1.29 is 5.11 Å². The number of aliphatic hydroxyl groups is 1. The summed E-state index contributed by atoms with van der Waals surface area (Å²) in [5.74, 6) is 0.506. The molecule has 0 saturated heterocycles. The van der Waals surface area contributed by atoms with Crippen LogP contribution in [0.3, 0.4) is 0 Å². The molecule has 0 bridgehead atoms. The topological polar surface area (TPSA) is 20.2 Å². The van der Waals surface area contributed by atoms with Crippen molar-refractivity contribution in [2.45, 2.75) is 26.7 Å². The molecular weight excluding hydrogens is 124 g/mol. The quantitative estimate of drug-likeness (QED) is 0.552. The summed E-state index contributed by atoms with van der Waals surface area (Å²) in [6.45, 7) is 4.25. The van der Waals surface area contributed by atoms with Gasteiger partial charge < -0.3 is 5.11 Å². The summed E-state index contributed by atoms with van der Waals surface area (Å²) in [6, 6.07) is 0. The molecular formula is C9H14O. The van der Waals surface area contributed by atoms with E-state index in [9.17, 15) is 5.11 Å². The van der Waals surface area contributed by atoms with Crippen LogP contribution in [0.1, 0.15) is 26.7 Å². The zero-order valence-electron chi connectivity index (χ0n) is 6.59. The predicted molar refractivity (Wildman–Crippen MR) is 42.9 cm³/mol. The molecule has 1 N–H and O–H groups in total. The van der Waals surface area contributed by atoms with Gasteiger partial charge in [-0.05, 0) is 12.5 Å². The van der Waals surface area contributed by atoms with E-state index in [-0.39, 0.29) is 5.41 Å². The van der Waals surface area contributed by atoms with Crippen molar-refractivity contribution in [3.05, 3.63) is 24.0 Å². The van der Waals surface area contributed by atoms with Gasteiger partial charge in [0.05, 0.1) is 5.76 Å². The average Bonchev–Trinajstić information content (AvgIpc) is 1.88. The van der Waals surface area contributed by atoms with E-state index in [0.717, 1.165) is 6.42 Å². The molecule has 0 saturated carbocycles. The van der Waals surface area contributed by atoms with E-state index in [1.165, 1.54) is 0 Å². The molecule has 0 aromatic rings. The normalized spacial score (nSPS) is 32.0. The van der Waals surface area contributed by atoms with Crippen molar-refractivity contribution in [1.29, 1.82) is 0 Å². The maximum Gasteiger partial charge on any atom is 0.0929 e. The van der Waals surface area contributed by atoms with Crippen molar-refractivity contribution >= 4 is 0 Å². The van der Waals surface area contributed by atoms with Crippen LogP contribution in [-0.2, 0) is 0 Å². The standard InChI is InChI=1S/C9H14O/c1-3-9(2)6-4-5-8(10)7-9/h4,6-7,10H,3,5H2,1-2H3. The largest absolute Gasteiger partial charge is 0.512 e. The lowest BCUT2D eigenvalue weighted by molar-refractivity contribution is 0.373. The van der Waals surface area contributed by atoms with Gasteiger partial charge in [0.1, 0.15) is 0 Å². The lowest BCUT2D eigenvalue weighted by Crippen LogP contribution is -2.11. The molecule has 1 heteroatoms. The van der Waals surface area contributed by atoms with Gasteiger partial charge in [-0.15, -0.1) is 0 Å². The molecule has 0 amide bonds. The van der Waals surface area contributed by atoms with E-state index in [1.807, 2.05) is 12.2 Å². The first-order valence-electron chi connectivity index (χ1n) is 3.75. The highest BCUT2D eigenvalue weighted by molar-refractivity contribution is 5.18. The summed E-state index contributed by atoms with van der Waals surface area (Å²) in [4.78, 5) is 0. The Bertz CT molecular complexity index is 179. The zero-order chi connectivity index (χ0) is 7.61. The number of hydrogen-bond acceptors (Lipinski definition) is 1. The highest BCUT2D eigenvalue weighted by Gasteiger charge is 2.18. The molecule has 1 atom stereocenters. The summed E-state index contributed by atoms with van der Waals surface area (Å²) in [6.07, 6.45) is 7.88. The number of rotatable bonds is 1. The second-order valence-corrected chi connectivity index (χ2v) is 3.10. The Morgan fingerprint density at radius 1 is 1.70 bits per heavy atom. The third kappa shape index (κ3) is 1.41. The minimum atomic E-state index is 0.0995. The molecule has 0 aromatic heterocycles. The fraction of sp³-hybridized carbons (Fsp3) is 0.556. The van der Waals surface area contributed by atoms with Crippen LogP contribution in [0.15, 0.2) is 24.0 Å². The van der Waals surface area contributed by atoms with Gasteiger partial charge in [0, 0.05) is 11.8 Å². The number of allylic oxidation sites excluding steroid dienone is 3. The molecule has 1 aliphatic carbocycles. The van der Waals surface area contributed by atoms with Gasteiger partial charge in [-0.1, -0.05) is 26.0 Å². The van der Waals surface area contributed by atoms with E-state index in [2.05, 4.69) is 19.9 Å². The Hall–Kier alpha value is -0.720. The Morgan fingerprint density at radius 3 is 2.80 bits per heavy atom. The van der Waals surface area contributed by atoms with Gasteiger partial charge in [-0.25, -0.2) is 0 Å². The first kappa shape index (κ1) is 7.39. The summed E-state index contributed by atoms with van der Waals surface area (Å²) in [5, 5.41) is 9.19. The smallest absolute Gasteiger partial charge is 0.0929 e. The highest BCUT2D eigenvalue weighted by atomic mass is 16.3.